The van der Waals surface area contributed by atoms with Crippen LogP contribution in [0.25, 0.3) is 0 Å². The van der Waals surface area contributed by atoms with E-state index in [1.54, 1.807) is 0 Å². The summed E-state index contributed by atoms with van der Waals surface area (Å²) in [7, 11) is 0. The largest absolute Gasteiger partial charge is 0.490 e. The molecule has 5 aromatic carbocycles. The number of epoxide rings is 3. The molecule has 3 aliphatic heterocycles. The van der Waals surface area contributed by atoms with Crippen molar-refractivity contribution in [2.75, 3.05) is 52.9 Å². The van der Waals surface area contributed by atoms with E-state index in [-0.39, 0.29) is 31.5 Å². The molecule has 1 N–H and O–H groups in total. The first-order valence-corrected chi connectivity index (χ1v) is 21.4. The second-order valence-corrected chi connectivity index (χ2v) is 17.0. The number of hydrogen-bond acceptors (Lipinski definition) is 9. The Morgan fingerprint density at radius 3 is 1.32 bits per heavy atom. The maximum Gasteiger partial charge on any atom is 0.147 e. The van der Waals surface area contributed by atoms with Crippen LogP contribution >= 0.6 is 47.8 Å². The second kappa shape index (κ2) is 19.0. The molecule has 3 saturated heterocycles. The van der Waals surface area contributed by atoms with Gasteiger partial charge in [0.25, 0.3) is 0 Å². The number of aliphatic hydroxyl groups is 1. The van der Waals surface area contributed by atoms with E-state index in [4.69, 9.17) is 37.9 Å². The monoisotopic (exact) mass is 964 g/mol. The van der Waals surface area contributed by atoms with Gasteiger partial charge in [-0.2, -0.15) is 0 Å². The first-order chi connectivity index (χ1) is 27.9. The number of ether oxygens (including phenoxy) is 8. The van der Waals surface area contributed by atoms with Crippen LogP contribution in [-0.4, -0.2) is 82.4 Å². The molecular weight excluding hydrogens is 924 g/mol. The maximum atomic E-state index is 11.2. The molecule has 0 aliphatic carbocycles. The number of rotatable bonds is 21. The lowest BCUT2D eigenvalue weighted by molar-refractivity contribution is 0.0615. The van der Waals surface area contributed by atoms with Crippen LogP contribution in [0.4, 0.5) is 0 Å². The Morgan fingerprint density at radius 1 is 0.491 bits per heavy atom. The molecule has 3 fully saturated rings. The predicted octanol–water partition coefficient (Wildman–Crippen LogP) is 8.90. The minimum absolute atomic E-state index is 0.0119. The van der Waals surface area contributed by atoms with Crippen LogP contribution in [0.5, 0.6) is 28.7 Å². The first-order valence-electron chi connectivity index (χ1n) is 19.0. The smallest absolute Gasteiger partial charge is 0.147 e. The molecule has 0 saturated carbocycles. The third kappa shape index (κ3) is 11.3. The predicted molar refractivity (Wildman–Crippen MR) is 226 cm³/mol. The van der Waals surface area contributed by atoms with E-state index < -0.39 is 6.10 Å². The Kier molecular flexibility index (Phi) is 13.4. The highest BCUT2D eigenvalue weighted by atomic mass is 79.9. The third-order valence-electron chi connectivity index (χ3n) is 9.72. The molecule has 0 bridgehead atoms. The van der Waals surface area contributed by atoms with Crippen LogP contribution in [-0.2, 0) is 33.5 Å². The molecule has 5 aromatic rings. The van der Waals surface area contributed by atoms with Gasteiger partial charge in [-0.25, -0.2) is 0 Å². The Bertz CT molecular complexity index is 2130. The lowest BCUT2D eigenvalue weighted by Crippen LogP contribution is -2.26. The van der Waals surface area contributed by atoms with E-state index in [1.165, 1.54) is 0 Å². The van der Waals surface area contributed by atoms with E-state index in [1.807, 2.05) is 48.5 Å². The van der Waals surface area contributed by atoms with Gasteiger partial charge in [0.05, 0.1) is 28.8 Å². The summed E-state index contributed by atoms with van der Waals surface area (Å²) in [5.74, 6) is 3.77. The summed E-state index contributed by atoms with van der Waals surface area (Å²) in [6.45, 7) is 3.69. The normalized spacial score (nSPS) is 18.4. The summed E-state index contributed by atoms with van der Waals surface area (Å²) in [6, 6.07) is 32.5. The molecule has 3 heterocycles. The van der Waals surface area contributed by atoms with Crippen molar-refractivity contribution in [2.24, 2.45) is 0 Å². The number of aliphatic hydroxyl groups excluding tert-OH is 1. The summed E-state index contributed by atoms with van der Waals surface area (Å²) >= 11 is 10.6. The zero-order valence-corrected chi connectivity index (χ0v) is 35.9. The van der Waals surface area contributed by atoms with Gasteiger partial charge in [-0.15, -0.1) is 0 Å². The van der Waals surface area contributed by atoms with Gasteiger partial charge >= 0.3 is 0 Å². The van der Waals surface area contributed by atoms with Gasteiger partial charge in [-0.1, -0.05) is 88.7 Å². The fourth-order valence-corrected chi connectivity index (χ4v) is 9.00. The zero-order chi connectivity index (χ0) is 39.1. The van der Waals surface area contributed by atoms with Crippen LogP contribution in [0.1, 0.15) is 33.4 Å². The van der Waals surface area contributed by atoms with Crippen LogP contribution in [0, 0.1) is 0 Å². The average molecular weight is 968 g/mol. The van der Waals surface area contributed by atoms with Crippen LogP contribution < -0.4 is 23.7 Å². The lowest BCUT2D eigenvalue weighted by Gasteiger charge is -2.21. The molecule has 12 heteroatoms. The van der Waals surface area contributed by atoms with Gasteiger partial charge in [0.15, 0.2) is 0 Å². The number of halogens is 3. The highest BCUT2D eigenvalue weighted by molar-refractivity contribution is 9.11. The van der Waals surface area contributed by atoms with Crippen molar-refractivity contribution in [3.63, 3.8) is 0 Å². The summed E-state index contributed by atoms with van der Waals surface area (Å²) in [4.78, 5) is 0. The van der Waals surface area contributed by atoms with Crippen LogP contribution in [0.3, 0.4) is 0 Å². The molecule has 8 rings (SSSR count). The average Bonchev–Trinajstić information content (AvgIpc) is 4.05. The molecule has 298 valence electrons. The molecule has 4 atom stereocenters. The molecule has 0 spiro atoms. The second-order valence-electron chi connectivity index (χ2n) is 14.3. The van der Waals surface area contributed by atoms with Crippen molar-refractivity contribution < 1.29 is 43.0 Å². The van der Waals surface area contributed by atoms with E-state index in [2.05, 4.69) is 96.3 Å². The van der Waals surface area contributed by atoms with Gasteiger partial charge in [0.2, 0.25) is 0 Å². The number of hydrogen-bond donors (Lipinski definition) is 1. The Balaban J connectivity index is 1.07. The molecular formula is C45H43Br3O9. The Hall–Kier alpha value is -3.62. The quantitative estimate of drug-likeness (QED) is 0.0723. The number of para-hydroxylation sites is 4. The van der Waals surface area contributed by atoms with Crippen molar-refractivity contribution in [2.45, 2.75) is 43.7 Å². The topological polar surface area (TPSA) is 104 Å². The molecule has 4 unspecified atom stereocenters. The van der Waals surface area contributed by atoms with E-state index in [9.17, 15) is 5.11 Å². The van der Waals surface area contributed by atoms with Gasteiger partial charge < -0.3 is 43.0 Å². The molecule has 9 nitrogen and oxygen atoms in total. The summed E-state index contributed by atoms with van der Waals surface area (Å²) in [5, 5.41) is 11.2. The van der Waals surface area contributed by atoms with Crippen molar-refractivity contribution in [1.82, 2.24) is 0 Å². The van der Waals surface area contributed by atoms with E-state index in [0.29, 0.717) is 57.2 Å². The van der Waals surface area contributed by atoms with Crippen molar-refractivity contribution in [3.8, 4) is 28.7 Å². The van der Waals surface area contributed by atoms with Crippen molar-refractivity contribution in [3.05, 3.63) is 144 Å². The lowest BCUT2D eigenvalue weighted by atomic mass is 9.94. The Morgan fingerprint density at radius 2 is 0.860 bits per heavy atom. The van der Waals surface area contributed by atoms with Gasteiger partial charge in [-0.3, -0.25) is 0 Å². The maximum absolute atomic E-state index is 11.2. The fourth-order valence-electron chi connectivity index (χ4n) is 6.51. The molecule has 0 amide bonds. The molecule has 57 heavy (non-hydrogen) atoms. The summed E-state index contributed by atoms with van der Waals surface area (Å²) < 4.78 is 50.4. The van der Waals surface area contributed by atoms with Gasteiger partial charge in [0.1, 0.15) is 86.2 Å². The third-order valence-corrected chi connectivity index (χ3v) is 11.4. The molecule has 3 aliphatic rings. The standard InChI is InChI=1S/C45H43Br3O9/c46-34-18-39(47)45(40(48)19-34)56-21-35(49)20-55-43-30(15-28-7-1-3-13-41(28)53-25-36-22-50-36)9-5-11-32(43)17-33-12-6-10-31(44(33)57-27-38-24-52-38)16-29-8-2-4-14-42(29)54-26-37-23-51-37/h1-14,18-19,35-38,49H,15-17,20-27H2. The van der Waals surface area contributed by atoms with Crippen LogP contribution in [0.15, 0.2) is 110 Å². The van der Waals surface area contributed by atoms with Crippen LogP contribution in [0.2, 0.25) is 0 Å². The highest BCUT2D eigenvalue weighted by Crippen LogP contribution is 2.38. The van der Waals surface area contributed by atoms with Gasteiger partial charge in [-0.05, 0) is 89.5 Å². The fraction of sp³-hybridized carbons (Fsp3) is 0.333. The SMILES string of the molecule is OC(COc1c(Br)cc(Br)cc1Br)COc1c(Cc2ccccc2OCC2CO2)cccc1Cc1cccc(Cc2ccccc2OCC2CO2)c1OCC1CO1. The summed E-state index contributed by atoms with van der Waals surface area (Å²) in [5.41, 5.74) is 6.09. The van der Waals surface area contributed by atoms with Crippen molar-refractivity contribution in [1.29, 1.82) is 0 Å². The highest BCUT2D eigenvalue weighted by Gasteiger charge is 2.27. The molecule has 0 radical (unpaired) electrons. The van der Waals surface area contributed by atoms with E-state index >= 15 is 0 Å². The van der Waals surface area contributed by atoms with Crippen molar-refractivity contribution >= 4 is 47.8 Å². The minimum Gasteiger partial charge on any atom is -0.490 e. The van der Waals surface area contributed by atoms with E-state index in [0.717, 1.165) is 77.3 Å². The summed E-state index contributed by atoms with van der Waals surface area (Å²) in [6.07, 6.45) is 1.17. The number of benzene rings is 5. The van der Waals surface area contributed by atoms with Gasteiger partial charge in [0, 0.05) is 23.7 Å². The first kappa shape index (κ1) is 40.2. The Labute approximate surface area is 357 Å². The zero-order valence-electron chi connectivity index (χ0n) is 31.2. The molecule has 0 aromatic heterocycles. The minimum atomic E-state index is -0.919.